The van der Waals surface area contributed by atoms with E-state index < -0.39 is 0 Å². The van der Waals surface area contributed by atoms with Gasteiger partial charge in [-0.05, 0) is 37.1 Å². The van der Waals surface area contributed by atoms with Crippen molar-refractivity contribution in [2.24, 2.45) is 4.99 Å². The highest BCUT2D eigenvalue weighted by Gasteiger charge is 2.24. The minimum Gasteiger partial charge on any atom is -0.355 e. The predicted octanol–water partition coefficient (Wildman–Crippen LogP) is 1.73. The molecule has 1 aromatic carbocycles. The van der Waals surface area contributed by atoms with E-state index in [0.717, 1.165) is 75.3 Å². The fraction of sp³-hybridized carbons (Fsp3) is 0.600. The molecular formula is C20H30FN5OS. The summed E-state index contributed by atoms with van der Waals surface area (Å²) in [5.74, 6) is 1.86. The standard InChI is InChI=1S/C20H30FN5OS/c1-22-20(23-8-15-28-18-6-4-17(21)5-7-18)26-13-11-24(12-14-26)16-19(27)25-9-2-3-10-25/h4-7H,2-3,8-16H2,1H3,(H,22,23). The SMILES string of the molecule is CN=C(NCCSc1ccc(F)cc1)N1CCN(CC(=O)N2CCCC2)CC1. The van der Waals surface area contributed by atoms with Crippen LogP contribution in [-0.4, -0.2) is 91.7 Å². The number of thioether (sulfide) groups is 1. The van der Waals surface area contributed by atoms with E-state index in [9.17, 15) is 9.18 Å². The van der Waals surface area contributed by atoms with Crippen molar-refractivity contribution in [2.45, 2.75) is 17.7 Å². The molecule has 0 bridgehead atoms. The number of likely N-dealkylation sites (tertiary alicyclic amines) is 1. The fourth-order valence-electron chi connectivity index (χ4n) is 3.57. The van der Waals surface area contributed by atoms with Gasteiger partial charge in [0.05, 0.1) is 6.54 Å². The van der Waals surface area contributed by atoms with Gasteiger partial charge in [0.1, 0.15) is 5.82 Å². The number of halogens is 1. The van der Waals surface area contributed by atoms with Crippen molar-refractivity contribution in [1.29, 1.82) is 0 Å². The van der Waals surface area contributed by atoms with Crippen molar-refractivity contribution < 1.29 is 9.18 Å². The van der Waals surface area contributed by atoms with Gasteiger partial charge in [0.2, 0.25) is 5.91 Å². The minimum atomic E-state index is -0.204. The number of nitrogens with one attached hydrogen (secondary N) is 1. The van der Waals surface area contributed by atoms with Gasteiger partial charge in [-0.2, -0.15) is 0 Å². The largest absolute Gasteiger partial charge is 0.355 e. The summed E-state index contributed by atoms with van der Waals surface area (Å²) in [4.78, 5) is 24.3. The molecule has 0 radical (unpaired) electrons. The van der Waals surface area contributed by atoms with E-state index in [2.05, 4.69) is 20.1 Å². The zero-order chi connectivity index (χ0) is 19.8. The Morgan fingerprint density at radius 2 is 1.75 bits per heavy atom. The van der Waals surface area contributed by atoms with Gasteiger partial charge in [-0.15, -0.1) is 11.8 Å². The molecule has 2 fully saturated rings. The van der Waals surface area contributed by atoms with Gasteiger partial charge in [-0.25, -0.2) is 4.39 Å². The lowest BCUT2D eigenvalue weighted by molar-refractivity contribution is -0.131. The molecule has 3 rings (SSSR count). The van der Waals surface area contributed by atoms with Crippen LogP contribution in [0.2, 0.25) is 0 Å². The Morgan fingerprint density at radius 1 is 1.07 bits per heavy atom. The van der Waals surface area contributed by atoms with Gasteiger partial charge in [-0.3, -0.25) is 14.7 Å². The monoisotopic (exact) mass is 407 g/mol. The highest BCUT2D eigenvalue weighted by molar-refractivity contribution is 7.99. The lowest BCUT2D eigenvalue weighted by atomic mass is 10.3. The number of hydrogen-bond acceptors (Lipinski definition) is 4. The molecule has 0 atom stereocenters. The molecule has 6 nitrogen and oxygen atoms in total. The van der Waals surface area contributed by atoms with Gasteiger partial charge >= 0.3 is 0 Å². The third-order valence-corrected chi connectivity index (χ3v) is 6.18. The highest BCUT2D eigenvalue weighted by Crippen LogP contribution is 2.17. The van der Waals surface area contributed by atoms with Crippen LogP contribution in [0.3, 0.4) is 0 Å². The van der Waals surface area contributed by atoms with Crippen LogP contribution in [0.4, 0.5) is 4.39 Å². The quantitative estimate of drug-likeness (QED) is 0.337. The summed E-state index contributed by atoms with van der Waals surface area (Å²) < 4.78 is 12.9. The second kappa shape index (κ2) is 10.7. The van der Waals surface area contributed by atoms with Crippen molar-refractivity contribution in [3.8, 4) is 0 Å². The molecule has 0 spiro atoms. The molecule has 8 heteroatoms. The molecule has 2 saturated heterocycles. The number of aliphatic imine (C=N–C) groups is 1. The van der Waals surface area contributed by atoms with Crippen LogP contribution in [0, 0.1) is 5.82 Å². The smallest absolute Gasteiger partial charge is 0.236 e. The first-order valence-electron chi connectivity index (χ1n) is 10.00. The minimum absolute atomic E-state index is 0.204. The normalized spacial score (nSPS) is 18.6. The Morgan fingerprint density at radius 3 is 2.39 bits per heavy atom. The van der Waals surface area contributed by atoms with Crippen molar-refractivity contribution in [3.63, 3.8) is 0 Å². The zero-order valence-corrected chi connectivity index (χ0v) is 17.4. The number of benzene rings is 1. The first kappa shape index (κ1) is 20.9. The van der Waals surface area contributed by atoms with Gasteiger partial charge in [0.25, 0.3) is 0 Å². The fourth-order valence-corrected chi connectivity index (χ4v) is 4.34. The molecule has 28 heavy (non-hydrogen) atoms. The number of rotatable bonds is 6. The van der Waals surface area contributed by atoms with E-state index in [1.807, 2.05) is 4.90 Å². The summed E-state index contributed by atoms with van der Waals surface area (Å²) in [6.45, 7) is 6.68. The molecule has 2 heterocycles. The van der Waals surface area contributed by atoms with Gasteiger partial charge < -0.3 is 15.1 Å². The van der Waals surface area contributed by atoms with E-state index in [1.165, 1.54) is 12.1 Å². The summed E-state index contributed by atoms with van der Waals surface area (Å²) in [5, 5.41) is 3.41. The molecule has 0 aliphatic carbocycles. The molecule has 1 aromatic rings. The second-order valence-corrected chi connectivity index (χ2v) is 8.30. The first-order valence-corrected chi connectivity index (χ1v) is 11.0. The van der Waals surface area contributed by atoms with Crippen molar-refractivity contribution >= 4 is 23.6 Å². The van der Waals surface area contributed by atoms with E-state index in [1.54, 1.807) is 30.9 Å². The highest BCUT2D eigenvalue weighted by atomic mass is 32.2. The Kier molecular flexibility index (Phi) is 7.97. The maximum atomic E-state index is 12.9. The number of carbonyl (C=O) groups excluding carboxylic acids is 1. The van der Waals surface area contributed by atoms with Gasteiger partial charge in [-0.1, -0.05) is 0 Å². The van der Waals surface area contributed by atoms with Crippen LogP contribution >= 0.6 is 11.8 Å². The molecule has 0 saturated carbocycles. The van der Waals surface area contributed by atoms with Crippen molar-refractivity contribution in [2.75, 3.05) is 65.2 Å². The van der Waals surface area contributed by atoms with E-state index in [-0.39, 0.29) is 11.7 Å². The number of amides is 1. The molecular weight excluding hydrogens is 377 g/mol. The van der Waals surface area contributed by atoms with E-state index in [4.69, 9.17) is 0 Å². The lowest BCUT2D eigenvalue weighted by Gasteiger charge is -2.36. The second-order valence-electron chi connectivity index (χ2n) is 7.13. The van der Waals surface area contributed by atoms with Crippen LogP contribution in [0.5, 0.6) is 0 Å². The Bertz CT molecular complexity index is 655. The summed E-state index contributed by atoms with van der Waals surface area (Å²) in [5.41, 5.74) is 0. The predicted molar refractivity (Wildman–Crippen MR) is 112 cm³/mol. The molecule has 2 aliphatic heterocycles. The maximum absolute atomic E-state index is 12.9. The zero-order valence-electron chi connectivity index (χ0n) is 16.6. The third kappa shape index (κ3) is 6.10. The van der Waals surface area contributed by atoms with Crippen LogP contribution in [-0.2, 0) is 4.79 Å². The van der Waals surface area contributed by atoms with E-state index in [0.29, 0.717) is 6.54 Å². The maximum Gasteiger partial charge on any atom is 0.236 e. The van der Waals surface area contributed by atoms with Crippen LogP contribution in [0.15, 0.2) is 34.2 Å². The number of hydrogen-bond donors (Lipinski definition) is 1. The topological polar surface area (TPSA) is 51.2 Å². The number of carbonyl (C=O) groups is 1. The van der Waals surface area contributed by atoms with Crippen LogP contribution < -0.4 is 5.32 Å². The molecule has 154 valence electrons. The van der Waals surface area contributed by atoms with Crippen LogP contribution in [0.25, 0.3) is 0 Å². The lowest BCUT2D eigenvalue weighted by Crippen LogP contribution is -2.54. The van der Waals surface area contributed by atoms with Gasteiger partial charge in [0, 0.05) is 63.5 Å². The average Bonchev–Trinajstić information content (AvgIpc) is 3.25. The van der Waals surface area contributed by atoms with Crippen LogP contribution in [0.1, 0.15) is 12.8 Å². The number of nitrogens with zero attached hydrogens (tertiary/aromatic N) is 4. The molecule has 0 unspecified atom stereocenters. The molecule has 1 amide bonds. The first-order chi connectivity index (χ1) is 13.7. The molecule has 0 aromatic heterocycles. The Balaban J connectivity index is 1.35. The summed E-state index contributed by atoms with van der Waals surface area (Å²) in [6.07, 6.45) is 2.28. The molecule has 2 aliphatic rings. The summed E-state index contributed by atoms with van der Waals surface area (Å²) >= 11 is 1.69. The Labute approximate surface area is 171 Å². The summed E-state index contributed by atoms with van der Waals surface area (Å²) in [7, 11) is 1.80. The number of guanidine groups is 1. The molecule has 1 N–H and O–H groups in total. The Hall–Kier alpha value is -1.80. The van der Waals surface area contributed by atoms with Crippen molar-refractivity contribution in [1.82, 2.24) is 20.0 Å². The third-order valence-electron chi connectivity index (χ3n) is 5.17. The summed E-state index contributed by atoms with van der Waals surface area (Å²) in [6, 6.07) is 6.58. The van der Waals surface area contributed by atoms with Gasteiger partial charge in [0.15, 0.2) is 5.96 Å². The number of piperazine rings is 1. The average molecular weight is 408 g/mol. The van der Waals surface area contributed by atoms with Crippen molar-refractivity contribution in [3.05, 3.63) is 30.1 Å². The van der Waals surface area contributed by atoms with E-state index >= 15 is 0 Å².